The van der Waals surface area contributed by atoms with Crippen molar-refractivity contribution in [3.05, 3.63) is 35.9 Å². The van der Waals surface area contributed by atoms with Crippen molar-refractivity contribution < 1.29 is 19.1 Å². The number of piperidine rings is 1. The van der Waals surface area contributed by atoms with E-state index in [1.165, 1.54) is 7.11 Å². The van der Waals surface area contributed by atoms with Crippen LogP contribution < -0.4 is 0 Å². The number of Topliss-reactive ketones (excluding diaryl/α,β-unsaturated/α-hetero) is 1. The minimum atomic E-state index is -1.08. The summed E-state index contributed by atoms with van der Waals surface area (Å²) in [5.74, 6) is -0.754. The summed E-state index contributed by atoms with van der Waals surface area (Å²) in [6.07, 6.45) is 1.67. The summed E-state index contributed by atoms with van der Waals surface area (Å²) in [6, 6.07) is 9.81. The molecule has 3 rings (SSSR count). The maximum absolute atomic E-state index is 13.5. The number of carbonyl (C=O) groups excluding carboxylic acids is 3. The third-order valence-electron chi connectivity index (χ3n) is 5.86. The molecule has 26 heavy (non-hydrogen) atoms. The van der Waals surface area contributed by atoms with Gasteiger partial charge in [0.1, 0.15) is 11.2 Å². The molecule has 1 saturated carbocycles. The highest BCUT2D eigenvalue weighted by atomic mass is 16.5. The van der Waals surface area contributed by atoms with Gasteiger partial charge in [0.15, 0.2) is 0 Å². The highest BCUT2D eigenvalue weighted by Crippen LogP contribution is 2.55. The number of benzene rings is 1. The van der Waals surface area contributed by atoms with Crippen LogP contribution in [0, 0.1) is 16.7 Å². The van der Waals surface area contributed by atoms with Crippen molar-refractivity contribution >= 4 is 17.7 Å². The molecule has 1 heterocycles. The minimum Gasteiger partial charge on any atom is -0.469 e. The fraction of sp³-hybridized carbons (Fsp3) is 0.571. The summed E-state index contributed by atoms with van der Waals surface area (Å²) < 4.78 is 4.83. The zero-order chi connectivity index (χ0) is 18.9. The van der Waals surface area contributed by atoms with Gasteiger partial charge in [0, 0.05) is 25.9 Å². The van der Waals surface area contributed by atoms with E-state index in [1.807, 2.05) is 44.2 Å². The molecule has 140 valence electrons. The Hall–Kier alpha value is -2.17. The number of nitrogens with zero attached hydrogens (tertiary/aromatic N) is 1. The van der Waals surface area contributed by atoms with Crippen molar-refractivity contribution in [2.45, 2.75) is 46.1 Å². The largest absolute Gasteiger partial charge is 0.469 e. The average molecular weight is 357 g/mol. The van der Waals surface area contributed by atoms with Crippen LogP contribution in [0.2, 0.25) is 0 Å². The van der Waals surface area contributed by atoms with Gasteiger partial charge >= 0.3 is 5.97 Å². The second-order valence-corrected chi connectivity index (χ2v) is 8.39. The van der Waals surface area contributed by atoms with Crippen LogP contribution in [-0.4, -0.2) is 36.2 Å². The first-order valence-electron chi connectivity index (χ1n) is 9.22. The second kappa shape index (κ2) is 6.86. The van der Waals surface area contributed by atoms with Crippen LogP contribution in [0.3, 0.4) is 0 Å². The second-order valence-electron chi connectivity index (χ2n) is 8.39. The lowest BCUT2D eigenvalue weighted by Gasteiger charge is -2.44. The molecule has 2 fully saturated rings. The van der Waals surface area contributed by atoms with Gasteiger partial charge in [-0.15, -0.1) is 0 Å². The van der Waals surface area contributed by atoms with Crippen molar-refractivity contribution in [2.24, 2.45) is 16.7 Å². The van der Waals surface area contributed by atoms with E-state index in [0.717, 1.165) is 5.56 Å². The zero-order valence-electron chi connectivity index (χ0n) is 15.8. The smallest absolute Gasteiger partial charge is 0.305 e. The Morgan fingerprint density at radius 2 is 1.92 bits per heavy atom. The highest BCUT2D eigenvalue weighted by Gasteiger charge is 2.62. The third-order valence-corrected chi connectivity index (χ3v) is 5.86. The summed E-state index contributed by atoms with van der Waals surface area (Å²) >= 11 is 0. The molecule has 5 heteroatoms. The maximum atomic E-state index is 13.5. The van der Waals surface area contributed by atoms with E-state index in [4.69, 9.17) is 4.74 Å². The number of ether oxygens (including phenoxy) is 1. The molecular formula is C21H27NO4. The van der Waals surface area contributed by atoms with Gasteiger partial charge in [0.2, 0.25) is 5.91 Å². The van der Waals surface area contributed by atoms with E-state index in [-0.39, 0.29) is 35.4 Å². The average Bonchev–Trinajstić information content (AvgIpc) is 2.85. The molecule has 0 N–H and O–H groups in total. The normalized spacial score (nSPS) is 27.8. The first-order chi connectivity index (χ1) is 12.3. The molecule has 1 saturated heterocycles. The standard InChI is InChI=1S/C21H27NO4/c1-20(2)12-17(23)21(14-20)16(11-18(24)26-3)9-10-22(19(21)25)13-15-7-5-4-6-8-15/h4-8,16H,9-14H2,1-3H3/t16-,21+/m1/s1. The number of carbonyl (C=O) groups is 3. The van der Waals surface area contributed by atoms with Gasteiger partial charge in [-0.3, -0.25) is 14.4 Å². The third kappa shape index (κ3) is 3.27. The van der Waals surface area contributed by atoms with E-state index in [1.54, 1.807) is 4.90 Å². The lowest BCUT2D eigenvalue weighted by molar-refractivity contribution is -0.160. The minimum absolute atomic E-state index is 0.0147. The Morgan fingerprint density at radius 1 is 1.23 bits per heavy atom. The van der Waals surface area contributed by atoms with Crippen molar-refractivity contribution in [2.75, 3.05) is 13.7 Å². The summed E-state index contributed by atoms with van der Waals surface area (Å²) in [5.41, 5.74) is -0.256. The van der Waals surface area contributed by atoms with Crippen molar-refractivity contribution in [1.82, 2.24) is 4.90 Å². The number of ketones is 1. The summed E-state index contributed by atoms with van der Waals surface area (Å²) in [5, 5.41) is 0. The molecule has 1 spiro atoms. The molecular weight excluding hydrogens is 330 g/mol. The molecule has 1 aliphatic carbocycles. The number of hydrogen-bond donors (Lipinski definition) is 0. The Labute approximate surface area is 154 Å². The van der Waals surface area contributed by atoms with Gasteiger partial charge in [-0.1, -0.05) is 44.2 Å². The van der Waals surface area contributed by atoms with Gasteiger partial charge < -0.3 is 9.64 Å². The molecule has 5 nitrogen and oxygen atoms in total. The Kier molecular flexibility index (Phi) is 4.91. The summed E-state index contributed by atoms with van der Waals surface area (Å²) in [4.78, 5) is 40.2. The van der Waals surface area contributed by atoms with E-state index in [2.05, 4.69) is 0 Å². The molecule has 1 aromatic carbocycles. The first-order valence-corrected chi connectivity index (χ1v) is 9.22. The van der Waals surface area contributed by atoms with Crippen LogP contribution in [0.15, 0.2) is 30.3 Å². The number of hydrogen-bond acceptors (Lipinski definition) is 4. The first kappa shape index (κ1) is 18.6. The number of rotatable bonds is 4. The van der Waals surface area contributed by atoms with Crippen LogP contribution in [0.1, 0.15) is 45.1 Å². The van der Waals surface area contributed by atoms with Crippen molar-refractivity contribution in [3.8, 4) is 0 Å². The van der Waals surface area contributed by atoms with Gasteiger partial charge in [-0.05, 0) is 29.7 Å². The Morgan fingerprint density at radius 3 is 2.50 bits per heavy atom. The predicted octanol–water partition coefficient (Wildman–Crippen LogP) is 2.97. The fourth-order valence-corrected chi connectivity index (χ4v) is 4.71. The number of methoxy groups -OCH3 is 1. The van der Waals surface area contributed by atoms with Crippen LogP contribution in [0.5, 0.6) is 0 Å². The molecule has 0 aromatic heterocycles. The fourth-order valence-electron chi connectivity index (χ4n) is 4.71. The van der Waals surface area contributed by atoms with Crippen molar-refractivity contribution in [3.63, 3.8) is 0 Å². The number of esters is 1. The molecule has 0 unspecified atom stereocenters. The summed E-state index contributed by atoms with van der Waals surface area (Å²) in [7, 11) is 1.35. The van der Waals surface area contributed by atoms with Gasteiger partial charge in [-0.2, -0.15) is 0 Å². The van der Waals surface area contributed by atoms with Gasteiger partial charge in [-0.25, -0.2) is 0 Å². The summed E-state index contributed by atoms with van der Waals surface area (Å²) in [6.45, 7) is 5.11. The molecule has 2 atom stereocenters. The van der Waals surface area contributed by atoms with E-state index in [9.17, 15) is 14.4 Å². The highest BCUT2D eigenvalue weighted by molar-refractivity contribution is 6.09. The molecule has 1 aliphatic heterocycles. The Balaban J connectivity index is 1.91. The number of likely N-dealkylation sites (tertiary alicyclic amines) is 1. The van der Waals surface area contributed by atoms with Crippen LogP contribution in [-0.2, 0) is 25.7 Å². The SMILES string of the molecule is COC(=O)C[C@H]1CCN(Cc2ccccc2)C(=O)[C@@]12CC(C)(C)CC2=O. The monoisotopic (exact) mass is 357 g/mol. The van der Waals surface area contributed by atoms with Crippen LogP contribution in [0.4, 0.5) is 0 Å². The molecule has 2 aliphatic rings. The topological polar surface area (TPSA) is 63.7 Å². The molecule has 1 aromatic rings. The van der Waals surface area contributed by atoms with Gasteiger partial charge in [0.05, 0.1) is 7.11 Å². The maximum Gasteiger partial charge on any atom is 0.305 e. The number of amides is 1. The molecule has 1 amide bonds. The Bertz CT molecular complexity index is 712. The predicted molar refractivity (Wildman–Crippen MR) is 97.1 cm³/mol. The lowest BCUT2D eigenvalue weighted by atomic mass is 9.65. The van der Waals surface area contributed by atoms with Crippen LogP contribution in [0.25, 0.3) is 0 Å². The van der Waals surface area contributed by atoms with E-state index >= 15 is 0 Å². The van der Waals surface area contributed by atoms with Crippen molar-refractivity contribution in [1.29, 1.82) is 0 Å². The lowest BCUT2D eigenvalue weighted by Crippen LogP contribution is -2.56. The van der Waals surface area contributed by atoms with Crippen LogP contribution >= 0.6 is 0 Å². The van der Waals surface area contributed by atoms with E-state index < -0.39 is 5.41 Å². The molecule has 0 radical (unpaired) electrons. The van der Waals surface area contributed by atoms with E-state index in [0.29, 0.717) is 32.4 Å². The molecule has 0 bridgehead atoms. The quantitative estimate of drug-likeness (QED) is 0.614. The van der Waals surface area contributed by atoms with Gasteiger partial charge in [0.25, 0.3) is 0 Å². The zero-order valence-corrected chi connectivity index (χ0v) is 15.8.